The predicted octanol–water partition coefficient (Wildman–Crippen LogP) is 2.74. The number of carbonyl (C=O) groups excluding carboxylic acids is 1. The van der Waals surface area contributed by atoms with Crippen LogP contribution in [-0.2, 0) is 16.1 Å². The van der Waals surface area contributed by atoms with E-state index < -0.39 is 5.97 Å². The smallest absolute Gasteiger partial charge is 0.0776 e. The summed E-state index contributed by atoms with van der Waals surface area (Å²) in [7, 11) is 1.70. The highest BCUT2D eigenvalue weighted by Crippen LogP contribution is 2.33. The highest BCUT2D eigenvalue weighted by molar-refractivity contribution is 5.85. The number of methoxy groups -OCH3 is 1. The van der Waals surface area contributed by atoms with E-state index >= 15 is 0 Å². The number of hydrogen-bond acceptors (Lipinski definition) is 5. The second-order valence-corrected chi connectivity index (χ2v) is 7.84. The molecule has 1 saturated heterocycles. The summed E-state index contributed by atoms with van der Waals surface area (Å²) in [6, 6.07) is 21.6. The molecule has 3 aromatic rings. The van der Waals surface area contributed by atoms with Gasteiger partial charge < -0.3 is 24.7 Å². The van der Waals surface area contributed by atoms with Crippen molar-refractivity contribution in [2.45, 2.75) is 18.6 Å². The van der Waals surface area contributed by atoms with Crippen LogP contribution in [0.5, 0.6) is 0 Å². The number of carboxylic acid groups (broad SMARTS) is 1. The van der Waals surface area contributed by atoms with E-state index in [-0.39, 0.29) is 23.5 Å². The van der Waals surface area contributed by atoms with Crippen LogP contribution in [0.2, 0.25) is 0 Å². The Labute approximate surface area is 176 Å². The second-order valence-electron chi connectivity index (χ2n) is 7.84. The molecule has 3 atom stereocenters. The van der Waals surface area contributed by atoms with E-state index in [1.807, 2.05) is 24.3 Å². The van der Waals surface area contributed by atoms with Crippen molar-refractivity contribution < 1.29 is 19.4 Å². The van der Waals surface area contributed by atoms with E-state index in [9.17, 15) is 9.90 Å². The van der Waals surface area contributed by atoms with Gasteiger partial charge in [0.2, 0.25) is 0 Å². The van der Waals surface area contributed by atoms with Crippen LogP contribution in [0.3, 0.4) is 0 Å². The Bertz CT molecular complexity index is 999. The van der Waals surface area contributed by atoms with Gasteiger partial charge in [-0.3, -0.25) is 0 Å². The number of benzene rings is 3. The summed E-state index contributed by atoms with van der Waals surface area (Å²) >= 11 is 0. The van der Waals surface area contributed by atoms with Gasteiger partial charge in [0.25, 0.3) is 0 Å². The number of aromatic carboxylic acids is 1. The first kappa shape index (κ1) is 20.5. The van der Waals surface area contributed by atoms with Gasteiger partial charge in [-0.15, -0.1) is 0 Å². The molecule has 1 fully saturated rings. The minimum atomic E-state index is -1.16. The monoisotopic (exact) mass is 404 g/mol. The molecule has 5 nitrogen and oxygen atoms in total. The van der Waals surface area contributed by atoms with Crippen LogP contribution in [0.1, 0.15) is 27.4 Å². The van der Waals surface area contributed by atoms with E-state index in [1.165, 1.54) is 10.8 Å². The molecule has 1 heterocycles. The van der Waals surface area contributed by atoms with Gasteiger partial charge in [0.15, 0.2) is 0 Å². The molecule has 1 N–H and O–H groups in total. The van der Waals surface area contributed by atoms with Crippen molar-refractivity contribution in [2.75, 3.05) is 26.8 Å². The average molecular weight is 404 g/mol. The lowest BCUT2D eigenvalue weighted by Crippen LogP contribution is -2.48. The molecule has 5 heteroatoms. The molecule has 1 aliphatic rings. The summed E-state index contributed by atoms with van der Waals surface area (Å²) < 4.78 is 11.8. The quantitative estimate of drug-likeness (QED) is 0.656. The maximum atomic E-state index is 11.1. The summed E-state index contributed by atoms with van der Waals surface area (Å²) in [5.74, 6) is -0.814. The molecule has 4 rings (SSSR count). The van der Waals surface area contributed by atoms with Gasteiger partial charge in [0, 0.05) is 32.0 Å². The topological polar surface area (TPSA) is 70.6 Å². The zero-order chi connectivity index (χ0) is 20.9. The molecule has 0 aliphatic carbocycles. The van der Waals surface area contributed by atoms with Crippen molar-refractivity contribution >= 4 is 16.7 Å². The molecule has 1 aliphatic heterocycles. The molecule has 0 spiro atoms. The minimum absolute atomic E-state index is 0.0424. The molecular weight excluding hydrogens is 378 g/mol. The third kappa shape index (κ3) is 4.54. The minimum Gasteiger partial charge on any atom is -0.545 e. The standard InChI is InChI=1S/C25H27NO4/c1-29-16-22-13-26-14-23(24(22)19-8-10-20(11-9-19)25(27)28)30-15-17-6-7-18-4-2-3-5-21(18)12-17/h2-12,22-24,26H,13-16H2,1H3,(H,27,28)/p-1. The Morgan fingerprint density at radius 2 is 1.80 bits per heavy atom. The molecule has 0 aromatic heterocycles. The van der Waals surface area contributed by atoms with Crippen LogP contribution in [0.15, 0.2) is 66.7 Å². The van der Waals surface area contributed by atoms with Crippen molar-refractivity contribution in [1.29, 1.82) is 0 Å². The van der Waals surface area contributed by atoms with E-state index in [4.69, 9.17) is 9.47 Å². The van der Waals surface area contributed by atoms with Crippen LogP contribution in [-0.4, -0.2) is 38.9 Å². The number of ether oxygens (including phenoxy) is 2. The van der Waals surface area contributed by atoms with E-state index in [2.05, 4.69) is 35.6 Å². The fourth-order valence-corrected chi connectivity index (χ4v) is 4.37. The third-order valence-corrected chi connectivity index (χ3v) is 5.85. The lowest BCUT2D eigenvalue weighted by molar-refractivity contribution is -0.255. The molecule has 156 valence electrons. The lowest BCUT2D eigenvalue weighted by Gasteiger charge is -2.38. The van der Waals surface area contributed by atoms with Crippen LogP contribution in [0.4, 0.5) is 0 Å². The Balaban J connectivity index is 1.54. The largest absolute Gasteiger partial charge is 0.545 e. The number of carboxylic acids is 1. The van der Waals surface area contributed by atoms with Gasteiger partial charge in [-0.05, 0) is 33.5 Å². The van der Waals surface area contributed by atoms with Crippen molar-refractivity contribution in [3.63, 3.8) is 0 Å². The first-order chi connectivity index (χ1) is 14.7. The Kier molecular flexibility index (Phi) is 6.43. The van der Waals surface area contributed by atoms with E-state index in [0.717, 1.165) is 24.2 Å². The first-order valence-electron chi connectivity index (χ1n) is 10.3. The molecule has 30 heavy (non-hydrogen) atoms. The molecular formula is C25H26NO4-. The van der Waals surface area contributed by atoms with Gasteiger partial charge in [-0.25, -0.2) is 0 Å². The number of nitrogens with one attached hydrogen (secondary N) is 1. The van der Waals surface area contributed by atoms with Crippen LogP contribution >= 0.6 is 0 Å². The zero-order valence-corrected chi connectivity index (χ0v) is 17.0. The normalized spacial score (nSPS) is 21.6. The number of hydrogen-bond donors (Lipinski definition) is 1. The molecule has 0 bridgehead atoms. The average Bonchev–Trinajstić information content (AvgIpc) is 2.78. The van der Waals surface area contributed by atoms with Crippen LogP contribution in [0.25, 0.3) is 10.8 Å². The van der Waals surface area contributed by atoms with Gasteiger partial charge in [-0.1, -0.05) is 60.7 Å². The summed E-state index contributed by atoms with van der Waals surface area (Å²) in [6.07, 6.45) is -0.0424. The van der Waals surface area contributed by atoms with E-state index in [1.54, 1.807) is 19.2 Å². The first-order valence-corrected chi connectivity index (χ1v) is 10.3. The zero-order valence-electron chi connectivity index (χ0n) is 17.0. The fraction of sp³-hybridized carbons (Fsp3) is 0.320. The molecule has 3 aromatic carbocycles. The van der Waals surface area contributed by atoms with Gasteiger partial charge in [0.1, 0.15) is 0 Å². The maximum Gasteiger partial charge on any atom is 0.0776 e. The van der Waals surface area contributed by atoms with Crippen molar-refractivity contribution in [3.8, 4) is 0 Å². The predicted molar refractivity (Wildman–Crippen MR) is 114 cm³/mol. The van der Waals surface area contributed by atoms with Gasteiger partial charge >= 0.3 is 0 Å². The maximum absolute atomic E-state index is 11.1. The van der Waals surface area contributed by atoms with Crippen molar-refractivity contribution in [2.24, 2.45) is 5.92 Å². The van der Waals surface area contributed by atoms with Crippen molar-refractivity contribution in [3.05, 3.63) is 83.4 Å². The highest BCUT2D eigenvalue weighted by Gasteiger charge is 2.35. The Hall–Kier alpha value is -2.73. The SMILES string of the molecule is COCC1CNCC(OCc2ccc3ccccc3c2)C1c1ccc(C(=O)[O-])cc1. The number of carbonyl (C=O) groups is 1. The Morgan fingerprint density at radius 1 is 1.03 bits per heavy atom. The van der Waals surface area contributed by atoms with Crippen molar-refractivity contribution in [1.82, 2.24) is 5.32 Å². The highest BCUT2D eigenvalue weighted by atomic mass is 16.5. The lowest BCUT2D eigenvalue weighted by atomic mass is 9.79. The number of piperidine rings is 1. The van der Waals surface area contributed by atoms with Crippen LogP contribution < -0.4 is 10.4 Å². The summed E-state index contributed by atoms with van der Waals surface area (Å²) in [5.41, 5.74) is 2.38. The van der Waals surface area contributed by atoms with Gasteiger partial charge in [0.05, 0.1) is 25.3 Å². The second kappa shape index (κ2) is 9.39. The number of rotatable bonds is 7. The van der Waals surface area contributed by atoms with Crippen LogP contribution in [0, 0.1) is 5.92 Å². The van der Waals surface area contributed by atoms with E-state index in [0.29, 0.717) is 13.2 Å². The molecule has 0 saturated carbocycles. The number of fused-ring (bicyclic) bond motifs is 1. The summed E-state index contributed by atoms with van der Waals surface area (Å²) in [4.78, 5) is 11.1. The Morgan fingerprint density at radius 3 is 2.53 bits per heavy atom. The molecule has 0 amide bonds. The van der Waals surface area contributed by atoms with Gasteiger partial charge in [-0.2, -0.15) is 0 Å². The summed E-state index contributed by atoms with van der Waals surface area (Å²) in [5, 5.41) is 17.0. The molecule has 0 radical (unpaired) electrons. The fourth-order valence-electron chi connectivity index (χ4n) is 4.37. The third-order valence-electron chi connectivity index (χ3n) is 5.85. The molecule has 3 unspecified atom stereocenters. The summed E-state index contributed by atoms with van der Waals surface area (Å²) in [6.45, 7) is 2.69.